The first-order chi connectivity index (χ1) is 8.19. The van der Waals surface area contributed by atoms with Crippen molar-refractivity contribution in [2.75, 3.05) is 12.3 Å². The summed E-state index contributed by atoms with van der Waals surface area (Å²) in [7, 11) is -3.60. The summed E-state index contributed by atoms with van der Waals surface area (Å²) in [4.78, 5) is 22.7. The van der Waals surface area contributed by atoms with E-state index in [2.05, 4.69) is 5.32 Å². The predicted molar refractivity (Wildman–Crippen MR) is 68.0 cm³/mol. The second kappa shape index (κ2) is 7.32. The summed E-state index contributed by atoms with van der Waals surface area (Å²) in [6, 6.07) is -0.718. The summed E-state index contributed by atoms with van der Waals surface area (Å²) in [6.07, 6.45) is 0.410. The molecule has 0 aromatic rings. The second-order valence-corrected chi connectivity index (χ2v) is 6.17. The molecular weight excluding hydrogens is 258 g/mol. The monoisotopic (exact) mass is 279 g/mol. The van der Waals surface area contributed by atoms with Crippen molar-refractivity contribution >= 4 is 21.8 Å². The molecule has 0 aromatic carbocycles. The highest BCUT2D eigenvalue weighted by Crippen LogP contribution is 1.97. The van der Waals surface area contributed by atoms with Crippen LogP contribution in [0.1, 0.15) is 27.2 Å². The van der Waals surface area contributed by atoms with Crippen LogP contribution in [0.4, 0.5) is 0 Å². The van der Waals surface area contributed by atoms with Crippen molar-refractivity contribution in [3.8, 4) is 0 Å². The number of hydrogen-bond donors (Lipinski definition) is 3. The third kappa shape index (κ3) is 6.55. The zero-order valence-electron chi connectivity index (χ0n) is 10.9. The lowest BCUT2D eigenvalue weighted by Gasteiger charge is -2.15. The number of carbonyl (C=O) groups is 2. The molecule has 0 unspecified atom stereocenters. The summed E-state index contributed by atoms with van der Waals surface area (Å²) in [5.41, 5.74) is 5.56. The van der Waals surface area contributed by atoms with E-state index in [1.807, 2.05) is 4.72 Å². The van der Waals surface area contributed by atoms with Gasteiger partial charge in [-0.1, -0.05) is 20.8 Å². The fourth-order valence-corrected chi connectivity index (χ4v) is 2.18. The van der Waals surface area contributed by atoms with Crippen LogP contribution >= 0.6 is 0 Å². The summed E-state index contributed by atoms with van der Waals surface area (Å²) in [5, 5.41) is 2.29. The number of hydrogen-bond acceptors (Lipinski definition) is 5. The van der Waals surface area contributed by atoms with Crippen molar-refractivity contribution in [3.63, 3.8) is 0 Å². The van der Waals surface area contributed by atoms with Gasteiger partial charge in [-0.3, -0.25) is 14.3 Å². The number of carbonyl (C=O) groups excluding carboxylic acids is 2. The maximum absolute atomic E-state index is 11.4. The van der Waals surface area contributed by atoms with E-state index in [1.165, 1.54) is 0 Å². The van der Waals surface area contributed by atoms with Gasteiger partial charge in [0.25, 0.3) is 5.91 Å². The van der Waals surface area contributed by atoms with Gasteiger partial charge in [0.15, 0.2) is 0 Å². The summed E-state index contributed by atoms with van der Waals surface area (Å²) in [5.74, 6) is -1.43. The molecular formula is C10H21N3O4S. The number of nitrogens with one attached hydrogen (secondary N) is 2. The molecule has 8 heteroatoms. The van der Waals surface area contributed by atoms with Crippen molar-refractivity contribution in [1.29, 1.82) is 0 Å². The molecule has 0 saturated carbocycles. The van der Waals surface area contributed by atoms with E-state index in [-0.39, 0.29) is 11.7 Å². The topological polar surface area (TPSA) is 118 Å². The van der Waals surface area contributed by atoms with E-state index in [0.717, 1.165) is 0 Å². The van der Waals surface area contributed by atoms with Crippen LogP contribution in [-0.4, -0.2) is 38.6 Å². The zero-order valence-corrected chi connectivity index (χ0v) is 11.7. The molecule has 0 rings (SSSR count). The smallest absolute Gasteiger partial charge is 0.252 e. The Labute approximate surface area is 108 Å². The average molecular weight is 279 g/mol. The van der Waals surface area contributed by atoms with Crippen molar-refractivity contribution in [1.82, 2.24) is 10.0 Å². The van der Waals surface area contributed by atoms with Gasteiger partial charge < -0.3 is 11.1 Å². The second-order valence-electron chi connectivity index (χ2n) is 4.33. The van der Waals surface area contributed by atoms with Crippen LogP contribution in [0.25, 0.3) is 0 Å². The molecule has 0 aromatic heterocycles. The predicted octanol–water partition coefficient (Wildman–Crippen LogP) is -1.06. The molecule has 0 radical (unpaired) electrons. The fourth-order valence-electron chi connectivity index (χ4n) is 1.12. The van der Waals surface area contributed by atoms with Gasteiger partial charge in [0.1, 0.15) is 0 Å². The lowest BCUT2D eigenvalue weighted by atomic mass is 10.1. The highest BCUT2D eigenvalue weighted by molar-refractivity contribution is 7.90. The van der Waals surface area contributed by atoms with Gasteiger partial charge in [-0.05, 0) is 12.3 Å². The molecule has 2 amide bonds. The lowest BCUT2D eigenvalue weighted by Crippen LogP contribution is -2.48. The zero-order chi connectivity index (χ0) is 14.3. The number of sulfonamides is 1. The van der Waals surface area contributed by atoms with Gasteiger partial charge >= 0.3 is 0 Å². The van der Waals surface area contributed by atoms with Crippen LogP contribution in [0.2, 0.25) is 0 Å². The summed E-state index contributed by atoms with van der Waals surface area (Å²) < 4.78 is 24.4. The molecule has 4 N–H and O–H groups in total. The van der Waals surface area contributed by atoms with E-state index < -0.39 is 34.4 Å². The first-order valence-corrected chi connectivity index (χ1v) is 7.41. The molecule has 0 aliphatic rings. The van der Waals surface area contributed by atoms with E-state index in [1.54, 1.807) is 20.8 Å². The minimum absolute atomic E-state index is 0.0584. The third-order valence-electron chi connectivity index (χ3n) is 2.19. The number of rotatable bonds is 7. The highest BCUT2D eigenvalue weighted by atomic mass is 32.2. The highest BCUT2D eigenvalue weighted by Gasteiger charge is 2.19. The Kier molecular flexibility index (Phi) is 6.85. The van der Waals surface area contributed by atoms with Gasteiger partial charge in [0, 0.05) is 0 Å². The molecule has 1 atom stereocenters. The number of nitrogens with two attached hydrogens (primary N) is 1. The van der Waals surface area contributed by atoms with E-state index in [9.17, 15) is 18.0 Å². The van der Waals surface area contributed by atoms with Crippen molar-refractivity contribution in [2.24, 2.45) is 11.7 Å². The Hall–Kier alpha value is -1.15. The van der Waals surface area contributed by atoms with E-state index >= 15 is 0 Å². The minimum Gasteiger partial charge on any atom is -0.346 e. The Morgan fingerprint density at radius 2 is 1.83 bits per heavy atom. The molecule has 0 fully saturated rings. The van der Waals surface area contributed by atoms with Gasteiger partial charge in [-0.25, -0.2) is 8.42 Å². The Morgan fingerprint density at radius 1 is 1.28 bits per heavy atom. The minimum atomic E-state index is -3.60. The quantitative estimate of drug-likeness (QED) is 0.549. The summed E-state index contributed by atoms with van der Waals surface area (Å²) >= 11 is 0. The average Bonchev–Trinajstić information content (AvgIpc) is 2.23. The maximum atomic E-state index is 11.4. The maximum Gasteiger partial charge on any atom is 0.252 e. The summed E-state index contributed by atoms with van der Waals surface area (Å²) in [6.45, 7) is 4.83. The Bertz CT molecular complexity index is 392. The van der Waals surface area contributed by atoms with Gasteiger partial charge in [-0.15, -0.1) is 0 Å². The van der Waals surface area contributed by atoms with Crippen LogP contribution in [0.3, 0.4) is 0 Å². The SMILES string of the molecule is CCCS(=O)(=O)NC(=O)CNC(=O)[C@@H](N)C(C)C. The number of amides is 2. The Balaban J connectivity index is 4.17. The van der Waals surface area contributed by atoms with E-state index in [0.29, 0.717) is 6.42 Å². The Morgan fingerprint density at radius 3 is 2.28 bits per heavy atom. The molecule has 0 spiro atoms. The van der Waals surface area contributed by atoms with Crippen molar-refractivity contribution in [3.05, 3.63) is 0 Å². The lowest BCUT2D eigenvalue weighted by molar-refractivity contribution is -0.126. The molecule has 18 heavy (non-hydrogen) atoms. The van der Waals surface area contributed by atoms with Crippen LogP contribution in [0.15, 0.2) is 0 Å². The standard InChI is InChI=1S/C10H21N3O4S/c1-4-5-18(16,17)13-8(14)6-12-10(15)9(11)7(2)3/h7,9H,4-6,11H2,1-3H3,(H,12,15)(H,13,14)/t9-/m0/s1. The van der Waals surface area contributed by atoms with Gasteiger partial charge in [0.05, 0.1) is 18.3 Å². The van der Waals surface area contributed by atoms with Gasteiger partial charge in [-0.2, -0.15) is 0 Å². The third-order valence-corrected chi connectivity index (χ3v) is 3.67. The molecule has 0 saturated heterocycles. The van der Waals surface area contributed by atoms with Crippen molar-refractivity contribution in [2.45, 2.75) is 33.2 Å². The van der Waals surface area contributed by atoms with Crippen molar-refractivity contribution < 1.29 is 18.0 Å². The molecule has 106 valence electrons. The molecule has 0 bridgehead atoms. The van der Waals surface area contributed by atoms with Crippen LogP contribution < -0.4 is 15.8 Å². The molecule has 0 aliphatic heterocycles. The van der Waals surface area contributed by atoms with Crippen LogP contribution in [-0.2, 0) is 19.6 Å². The van der Waals surface area contributed by atoms with Crippen LogP contribution in [0, 0.1) is 5.92 Å². The van der Waals surface area contributed by atoms with Crippen LogP contribution in [0.5, 0.6) is 0 Å². The normalized spacial score (nSPS) is 13.2. The molecule has 0 heterocycles. The largest absolute Gasteiger partial charge is 0.346 e. The first-order valence-electron chi connectivity index (χ1n) is 5.76. The first kappa shape index (κ1) is 16.9. The fraction of sp³-hybridized carbons (Fsp3) is 0.800. The molecule has 0 aliphatic carbocycles. The molecule has 7 nitrogen and oxygen atoms in total. The van der Waals surface area contributed by atoms with E-state index in [4.69, 9.17) is 5.73 Å². The van der Waals surface area contributed by atoms with Gasteiger partial charge in [0.2, 0.25) is 15.9 Å².